The predicted molar refractivity (Wildman–Crippen MR) is 73.0 cm³/mol. The summed E-state index contributed by atoms with van der Waals surface area (Å²) < 4.78 is 18.7. The van der Waals surface area contributed by atoms with Gasteiger partial charge < -0.3 is 15.2 Å². The van der Waals surface area contributed by atoms with E-state index in [0.717, 1.165) is 12.0 Å². The van der Waals surface area contributed by atoms with Gasteiger partial charge in [0.15, 0.2) is 0 Å². The highest BCUT2D eigenvalue weighted by atomic mass is 19.1. The number of hydrogen-bond donors (Lipinski definition) is 2. The number of halogens is 1. The lowest BCUT2D eigenvalue weighted by molar-refractivity contribution is -0.127. The van der Waals surface area contributed by atoms with Crippen LogP contribution in [0.1, 0.15) is 25.3 Å². The van der Waals surface area contributed by atoms with Crippen molar-refractivity contribution >= 4 is 5.91 Å². The molecule has 0 radical (unpaired) electrons. The highest BCUT2D eigenvalue weighted by Crippen LogP contribution is 2.28. The molecule has 1 aliphatic rings. The minimum absolute atomic E-state index is 0.0265. The molecular weight excluding hydrogens is 261 g/mol. The molecule has 1 aliphatic heterocycles. The molecule has 0 aromatic heterocycles. The summed E-state index contributed by atoms with van der Waals surface area (Å²) in [5.74, 6) is -0.0739. The zero-order valence-electron chi connectivity index (χ0n) is 11.6. The standard InChI is InChI=1S/C15H20FNO3/c1-2-13(5-6-18)17-15(19)11-7-10-8-12(16)3-4-14(10)20-9-11/h3-4,8,11,13,18H,2,5-7,9H2,1H3,(H,17,19). The molecule has 0 spiro atoms. The fraction of sp³-hybridized carbons (Fsp3) is 0.533. The van der Waals surface area contributed by atoms with Gasteiger partial charge in [-0.2, -0.15) is 0 Å². The Kier molecular flexibility index (Phi) is 4.95. The molecule has 1 aromatic rings. The number of hydrogen-bond acceptors (Lipinski definition) is 3. The number of fused-ring (bicyclic) bond motifs is 1. The zero-order chi connectivity index (χ0) is 14.5. The first-order valence-corrected chi connectivity index (χ1v) is 6.96. The molecule has 2 rings (SSSR count). The normalized spacial score (nSPS) is 18.9. The lowest BCUT2D eigenvalue weighted by atomic mass is 9.95. The molecule has 1 amide bonds. The van der Waals surface area contributed by atoms with Crippen molar-refractivity contribution in [2.75, 3.05) is 13.2 Å². The van der Waals surface area contributed by atoms with Crippen molar-refractivity contribution in [3.63, 3.8) is 0 Å². The monoisotopic (exact) mass is 281 g/mol. The van der Waals surface area contributed by atoms with Crippen LogP contribution in [0.25, 0.3) is 0 Å². The largest absolute Gasteiger partial charge is 0.492 e. The van der Waals surface area contributed by atoms with Crippen LogP contribution in [0.5, 0.6) is 5.75 Å². The third-order valence-electron chi connectivity index (χ3n) is 3.62. The van der Waals surface area contributed by atoms with Crippen LogP contribution in [0, 0.1) is 11.7 Å². The summed E-state index contributed by atoms with van der Waals surface area (Å²) in [6.07, 6.45) is 1.79. The molecule has 0 saturated carbocycles. The Morgan fingerprint density at radius 2 is 2.40 bits per heavy atom. The predicted octanol–water partition coefficient (Wildman–Crippen LogP) is 1.65. The summed E-state index contributed by atoms with van der Waals surface area (Å²) in [5, 5.41) is 11.8. The third kappa shape index (κ3) is 3.48. The average molecular weight is 281 g/mol. The van der Waals surface area contributed by atoms with E-state index in [1.54, 1.807) is 6.07 Å². The van der Waals surface area contributed by atoms with E-state index in [4.69, 9.17) is 9.84 Å². The fourth-order valence-corrected chi connectivity index (χ4v) is 2.38. The van der Waals surface area contributed by atoms with Crippen molar-refractivity contribution in [2.45, 2.75) is 32.2 Å². The van der Waals surface area contributed by atoms with E-state index < -0.39 is 0 Å². The second kappa shape index (κ2) is 6.70. The Bertz CT molecular complexity index is 478. The van der Waals surface area contributed by atoms with Gasteiger partial charge in [-0.3, -0.25) is 4.79 Å². The van der Waals surface area contributed by atoms with Gasteiger partial charge in [0.1, 0.15) is 18.2 Å². The van der Waals surface area contributed by atoms with Crippen molar-refractivity contribution in [1.82, 2.24) is 5.32 Å². The van der Waals surface area contributed by atoms with Crippen molar-refractivity contribution in [3.05, 3.63) is 29.6 Å². The number of carbonyl (C=O) groups is 1. The number of benzene rings is 1. The minimum atomic E-state index is -0.319. The van der Waals surface area contributed by atoms with Gasteiger partial charge in [-0.15, -0.1) is 0 Å². The summed E-state index contributed by atoms with van der Waals surface area (Å²) in [6, 6.07) is 4.34. The van der Waals surface area contributed by atoms with Gasteiger partial charge in [0.25, 0.3) is 0 Å². The van der Waals surface area contributed by atoms with Gasteiger partial charge in [0.05, 0.1) is 5.92 Å². The van der Waals surface area contributed by atoms with Crippen LogP contribution in [-0.2, 0) is 11.2 Å². The highest BCUT2D eigenvalue weighted by Gasteiger charge is 2.27. The molecule has 2 atom stereocenters. The number of carbonyl (C=O) groups excluding carboxylic acids is 1. The average Bonchev–Trinajstić information content (AvgIpc) is 2.45. The van der Waals surface area contributed by atoms with E-state index in [1.807, 2.05) is 6.92 Å². The van der Waals surface area contributed by atoms with Crippen molar-refractivity contribution in [2.24, 2.45) is 5.92 Å². The molecular formula is C15H20FNO3. The number of ether oxygens (including phenoxy) is 1. The van der Waals surface area contributed by atoms with E-state index in [-0.39, 0.29) is 30.3 Å². The summed E-state index contributed by atoms with van der Waals surface area (Å²) in [4.78, 5) is 12.2. The minimum Gasteiger partial charge on any atom is -0.492 e. The summed E-state index contributed by atoms with van der Waals surface area (Å²) in [6.45, 7) is 2.32. The van der Waals surface area contributed by atoms with Gasteiger partial charge in [0, 0.05) is 12.6 Å². The Morgan fingerprint density at radius 1 is 1.60 bits per heavy atom. The van der Waals surface area contributed by atoms with Crippen LogP contribution >= 0.6 is 0 Å². The second-order valence-electron chi connectivity index (χ2n) is 5.09. The quantitative estimate of drug-likeness (QED) is 0.863. The van der Waals surface area contributed by atoms with E-state index in [2.05, 4.69) is 5.32 Å². The van der Waals surface area contributed by atoms with Gasteiger partial charge in [-0.1, -0.05) is 6.92 Å². The molecule has 0 fully saturated rings. The topological polar surface area (TPSA) is 58.6 Å². The van der Waals surface area contributed by atoms with Crippen LogP contribution < -0.4 is 10.1 Å². The van der Waals surface area contributed by atoms with E-state index >= 15 is 0 Å². The molecule has 110 valence electrons. The Hall–Kier alpha value is -1.62. The van der Waals surface area contributed by atoms with Crippen molar-refractivity contribution < 1.29 is 19.0 Å². The molecule has 5 heteroatoms. The van der Waals surface area contributed by atoms with Gasteiger partial charge in [0.2, 0.25) is 5.91 Å². The molecule has 1 heterocycles. The molecule has 0 aliphatic carbocycles. The SMILES string of the molecule is CCC(CCO)NC(=O)C1COc2ccc(F)cc2C1. The Labute approximate surface area is 117 Å². The second-order valence-corrected chi connectivity index (χ2v) is 5.09. The van der Waals surface area contributed by atoms with Crippen LogP contribution in [0.2, 0.25) is 0 Å². The summed E-state index contributed by atoms with van der Waals surface area (Å²) in [7, 11) is 0. The first kappa shape index (κ1) is 14.8. The van der Waals surface area contributed by atoms with Crippen LogP contribution in [0.3, 0.4) is 0 Å². The first-order chi connectivity index (χ1) is 9.63. The first-order valence-electron chi connectivity index (χ1n) is 6.96. The molecule has 0 saturated heterocycles. The summed E-state index contributed by atoms with van der Waals surface area (Å²) in [5.41, 5.74) is 0.728. The number of nitrogens with one attached hydrogen (secondary N) is 1. The molecule has 1 aromatic carbocycles. The van der Waals surface area contributed by atoms with E-state index in [0.29, 0.717) is 25.2 Å². The third-order valence-corrected chi connectivity index (χ3v) is 3.62. The maximum atomic E-state index is 13.2. The Balaban J connectivity index is 1.99. The van der Waals surface area contributed by atoms with E-state index in [1.165, 1.54) is 12.1 Å². The molecule has 4 nitrogen and oxygen atoms in total. The lowest BCUT2D eigenvalue weighted by Gasteiger charge is -2.26. The van der Waals surface area contributed by atoms with Crippen LogP contribution in [0.15, 0.2) is 18.2 Å². The lowest BCUT2D eigenvalue weighted by Crippen LogP contribution is -2.42. The smallest absolute Gasteiger partial charge is 0.227 e. The van der Waals surface area contributed by atoms with Crippen LogP contribution in [-0.4, -0.2) is 30.3 Å². The van der Waals surface area contributed by atoms with E-state index in [9.17, 15) is 9.18 Å². The Morgan fingerprint density at radius 3 is 3.10 bits per heavy atom. The highest BCUT2D eigenvalue weighted by molar-refractivity contribution is 5.79. The number of rotatable bonds is 5. The van der Waals surface area contributed by atoms with Gasteiger partial charge in [-0.05, 0) is 43.0 Å². The number of aliphatic hydroxyl groups is 1. The zero-order valence-corrected chi connectivity index (χ0v) is 11.6. The summed E-state index contributed by atoms with van der Waals surface area (Å²) >= 11 is 0. The maximum absolute atomic E-state index is 13.2. The van der Waals surface area contributed by atoms with Crippen LogP contribution in [0.4, 0.5) is 4.39 Å². The molecule has 20 heavy (non-hydrogen) atoms. The fourth-order valence-electron chi connectivity index (χ4n) is 2.38. The van der Waals surface area contributed by atoms with Crippen molar-refractivity contribution in [3.8, 4) is 5.75 Å². The number of amides is 1. The van der Waals surface area contributed by atoms with Gasteiger partial charge >= 0.3 is 0 Å². The molecule has 2 unspecified atom stereocenters. The maximum Gasteiger partial charge on any atom is 0.227 e. The van der Waals surface area contributed by atoms with Crippen molar-refractivity contribution in [1.29, 1.82) is 0 Å². The van der Waals surface area contributed by atoms with Gasteiger partial charge in [-0.25, -0.2) is 4.39 Å². The molecule has 2 N–H and O–H groups in total. The number of aliphatic hydroxyl groups excluding tert-OH is 1. The molecule has 0 bridgehead atoms.